The van der Waals surface area contributed by atoms with Crippen LogP contribution in [0, 0.1) is 0 Å². The Kier molecular flexibility index (Phi) is 12.4. The van der Waals surface area contributed by atoms with Crippen LogP contribution in [0.3, 0.4) is 0 Å². The van der Waals surface area contributed by atoms with E-state index in [1.807, 2.05) is 54.6 Å². The monoisotopic (exact) mass is 632 g/mol. The van der Waals surface area contributed by atoms with Crippen molar-refractivity contribution in [1.82, 2.24) is 20.3 Å². The summed E-state index contributed by atoms with van der Waals surface area (Å²) < 4.78 is 13.0. The Labute approximate surface area is 269 Å². The minimum atomic E-state index is -0.571. The molecule has 3 atom stereocenters. The van der Waals surface area contributed by atoms with Gasteiger partial charge in [-0.1, -0.05) is 49.2 Å². The van der Waals surface area contributed by atoms with Crippen molar-refractivity contribution in [3.8, 4) is 0 Å². The fourth-order valence-electron chi connectivity index (χ4n) is 5.83. The molecule has 0 saturated carbocycles. The maximum absolute atomic E-state index is 12.5. The molecule has 46 heavy (non-hydrogen) atoms. The second-order valence-corrected chi connectivity index (χ2v) is 11.8. The van der Waals surface area contributed by atoms with Crippen molar-refractivity contribution in [3.63, 3.8) is 0 Å². The highest BCUT2D eigenvalue weighted by Gasteiger charge is 2.34. The van der Waals surface area contributed by atoms with E-state index in [0.717, 1.165) is 74.6 Å². The summed E-state index contributed by atoms with van der Waals surface area (Å²) in [4.78, 5) is 37.0. The van der Waals surface area contributed by atoms with Crippen molar-refractivity contribution in [2.24, 2.45) is 0 Å². The molecule has 1 aromatic heterocycles. The Morgan fingerprint density at radius 1 is 0.826 bits per heavy atom. The molecule has 2 amide bonds. The van der Waals surface area contributed by atoms with E-state index in [1.54, 1.807) is 17.9 Å². The van der Waals surface area contributed by atoms with Crippen LogP contribution in [0.2, 0.25) is 0 Å². The molecule has 0 radical (unpaired) electrons. The summed E-state index contributed by atoms with van der Waals surface area (Å²) in [5.41, 5.74) is 5.11. The van der Waals surface area contributed by atoms with E-state index < -0.39 is 6.29 Å². The molecule has 2 aliphatic rings. The van der Waals surface area contributed by atoms with Gasteiger partial charge in [-0.15, -0.1) is 0 Å². The Morgan fingerprint density at radius 3 is 2.13 bits per heavy atom. The molecule has 2 aromatic carbocycles. The second-order valence-electron chi connectivity index (χ2n) is 11.8. The van der Waals surface area contributed by atoms with Crippen molar-refractivity contribution in [2.75, 3.05) is 42.9 Å². The van der Waals surface area contributed by atoms with Gasteiger partial charge in [0.2, 0.25) is 17.8 Å². The number of ether oxygens (including phenoxy) is 2. The zero-order valence-corrected chi connectivity index (χ0v) is 26.1. The number of carbonyl (C=O) groups excluding carboxylic acids is 2. The van der Waals surface area contributed by atoms with E-state index in [-0.39, 0.29) is 37.0 Å². The molecule has 12 nitrogen and oxygen atoms in total. The molecule has 5 rings (SSSR count). The van der Waals surface area contributed by atoms with Gasteiger partial charge in [0.15, 0.2) is 6.29 Å². The average Bonchev–Trinajstić information content (AvgIpc) is 3.10. The number of benzene rings is 2. The lowest BCUT2D eigenvalue weighted by Gasteiger charge is -2.40. The molecule has 0 spiro atoms. The van der Waals surface area contributed by atoms with Crippen LogP contribution in [0.1, 0.15) is 74.0 Å². The molecule has 12 heteroatoms. The summed E-state index contributed by atoms with van der Waals surface area (Å²) in [5.74, 6) is 0.315. The van der Waals surface area contributed by atoms with Crippen molar-refractivity contribution in [1.29, 1.82) is 0 Å². The summed E-state index contributed by atoms with van der Waals surface area (Å²) in [6.07, 6.45) is 7.19. The number of unbranched alkanes of at least 4 members (excludes halogenated alkanes) is 3. The van der Waals surface area contributed by atoms with Gasteiger partial charge in [-0.3, -0.25) is 19.7 Å². The highest BCUT2D eigenvalue weighted by Crippen LogP contribution is 2.38. The van der Waals surface area contributed by atoms with Crippen LogP contribution in [0.25, 0.3) is 0 Å². The highest BCUT2D eigenvalue weighted by molar-refractivity contribution is 5.90. The lowest BCUT2D eigenvalue weighted by molar-refractivity contribution is -0.253. The van der Waals surface area contributed by atoms with Gasteiger partial charge in [0.25, 0.3) is 0 Å². The van der Waals surface area contributed by atoms with Gasteiger partial charge < -0.3 is 24.8 Å². The number of hydrogen-bond acceptors (Lipinski definition) is 10. The van der Waals surface area contributed by atoms with E-state index >= 15 is 0 Å². The van der Waals surface area contributed by atoms with E-state index in [4.69, 9.17) is 14.7 Å². The summed E-state index contributed by atoms with van der Waals surface area (Å²) in [6, 6.07) is 17.3. The van der Waals surface area contributed by atoms with Gasteiger partial charge >= 0.3 is 0 Å². The van der Waals surface area contributed by atoms with Gasteiger partial charge in [0.1, 0.15) is 0 Å². The summed E-state index contributed by atoms with van der Waals surface area (Å²) in [7, 11) is 0. The van der Waals surface area contributed by atoms with Crippen LogP contribution < -0.4 is 15.7 Å². The number of rotatable bonds is 14. The van der Waals surface area contributed by atoms with E-state index in [9.17, 15) is 14.7 Å². The number of hydroxylamine groups is 1. The highest BCUT2D eigenvalue weighted by atomic mass is 16.7. The average molecular weight is 633 g/mol. The van der Waals surface area contributed by atoms with E-state index in [0.29, 0.717) is 24.9 Å². The number of anilines is 2. The number of nitrogens with zero attached hydrogens (tertiary/aromatic N) is 4. The van der Waals surface area contributed by atoms with Gasteiger partial charge in [0.05, 0.1) is 18.8 Å². The summed E-state index contributed by atoms with van der Waals surface area (Å²) in [6.45, 7) is 4.23. The van der Waals surface area contributed by atoms with Crippen LogP contribution in [0.5, 0.6) is 0 Å². The number of amides is 2. The van der Waals surface area contributed by atoms with Gasteiger partial charge in [-0.25, -0.2) is 15.4 Å². The fraction of sp³-hybridized carbons (Fsp3) is 0.471. The van der Waals surface area contributed by atoms with Crippen LogP contribution in [-0.4, -0.2) is 75.8 Å². The molecule has 246 valence electrons. The van der Waals surface area contributed by atoms with Crippen molar-refractivity contribution in [2.45, 2.75) is 70.1 Å². The number of hydrogen-bond donors (Lipinski definition) is 4. The van der Waals surface area contributed by atoms with Gasteiger partial charge in [0, 0.05) is 75.6 Å². The molecule has 2 fully saturated rings. The lowest BCUT2D eigenvalue weighted by atomic mass is 9.99. The lowest BCUT2D eigenvalue weighted by Crippen LogP contribution is -2.50. The molecule has 2 saturated heterocycles. The van der Waals surface area contributed by atoms with Crippen molar-refractivity contribution >= 4 is 23.5 Å². The predicted octanol–water partition coefficient (Wildman–Crippen LogP) is 4.12. The molecule has 3 unspecified atom stereocenters. The first kappa shape index (κ1) is 33.4. The Bertz CT molecular complexity index is 1370. The zero-order chi connectivity index (χ0) is 32.1. The number of carbonyl (C=O) groups is 2. The fourth-order valence-corrected chi connectivity index (χ4v) is 5.83. The van der Waals surface area contributed by atoms with E-state index in [1.165, 1.54) is 0 Å². The molecular formula is C34H44N6O6. The first-order valence-corrected chi connectivity index (χ1v) is 16.1. The number of nitrogens with one attached hydrogen (secondary N) is 2. The van der Waals surface area contributed by atoms with Crippen LogP contribution in [-0.2, 0) is 25.7 Å². The van der Waals surface area contributed by atoms with Crippen LogP contribution in [0.4, 0.5) is 11.6 Å². The first-order valence-electron chi connectivity index (χ1n) is 16.1. The second kappa shape index (κ2) is 17.1. The first-order chi connectivity index (χ1) is 22.5. The SMILES string of the molecule is O=C(CCCCCCC(=O)Nc1ccc(C2OC(CN3CCN(c4ncccn4)CC3)CC(c3ccc(CO)cc3)O2)cc1)NO. The van der Waals surface area contributed by atoms with Gasteiger partial charge in [-0.05, 0) is 42.2 Å². The molecule has 3 heterocycles. The predicted molar refractivity (Wildman–Crippen MR) is 172 cm³/mol. The minimum Gasteiger partial charge on any atom is -0.392 e. The summed E-state index contributed by atoms with van der Waals surface area (Å²) >= 11 is 0. The zero-order valence-electron chi connectivity index (χ0n) is 26.1. The third kappa shape index (κ3) is 9.78. The standard InChI is InChI=1S/C34H44N6O6/c41-24-25-8-10-26(11-9-25)30-22-29(23-39-18-20-40(21-19-39)34-35-16-5-17-36-34)45-33(46-30)27-12-14-28(15-13-27)37-31(42)6-3-1-2-4-7-32(43)38-44/h5,8-17,29-30,33,41,44H,1-4,6-7,18-24H2,(H,37,42)(H,38,43). The van der Waals surface area contributed by atoms with E-state index in [2.05, 4.69) is 25.1 Å². The normalized spacial score (nSPS) is 20.3. The molecule has 4 N–H and O–H groups in total. The quantitative estimate of drug-likeness (QED) is 0.116. The molecule has 0 bridgehead atoms. The Balaban J connectivity index is 1.16. The van der Waals surface area contributed by atoms with Gasteiger partial charge in [-0.2, -0.15) is 0 Å². The number of aromatic nitrogens is 2. The van der Waals surface area contributed by atoms with Crippen molar-refractivity contribution < 1.29 is 29.4 Å². The number of aliphatic hydroxyl groups is 1. The Hall–Kier alpha value is -3.94. The number of aliphatic hydroxyl groups excluding tert-OH is 1. The van der Waals surface area contributed by atoms with Crippen LogP contribution in [0.15, 0.2) is 67.0 Å². The third-order valence-corrected chi connectivity index (χ3v) is 8.43. The smallest absolute Gasteiger partial charge is 0.243 e. The molecule has 0 aliphatic carbocycles. The Morgan fingerprint density at radius 2 is 1.48 bits per heavy atom. The molecule has 2 aliphatic heterocycles. The minimum absolute atomic E-state index is 0.00540. The number of piperazine rings is 1. The third-order valence-electron chi connectivity index (χ3n) is 8.43. The molecule has 3 aromatic rings. The largest absolute Gasteiger partial charge is 0.392 e. The van der Waals surface area contributed by atoms with Crippen molar-refractivity contribution in [3.05, 3.63) is 83.7 Å². The summed E-state index contributed by atoms with van der Waals surface area (Å²) in [5, 5.41) is 21.0. The molecular weight excluding hydrogens is 588 g/mol. The topological polar surface area (TPSA) is 149 Å². The van der Waals surface area contributed by atoms with Crippen LogP contribution >= 0.6 is 0 Å². The maximum Gasteiger partial charge on any atom is 0.243 e. The maximum atomic E-state index is 12.5.